The largest absolute Gasteiger partial charge is 0.466 e. The van der Waals surface area contributed by atoms with Crippen molar-refractivity contribution in [3.8, 4) is 0 Å². The summed E-state index contributed by atoms with van der Waals surface area (Å²) in [7, 11) is -0.660. The van der Waals surface area contributed by atoms with E-state index in [-0.39, 0.29) is 17.2 Å². The Hall–Kier alpha value is -1.34. The molecular weight excluding hydrogens is 302 g/mol. The summed E-state index contributed by atoms with van der Waals surface area (Å²) in [4.78, 5) is 23.9. The van der Waals surface area contributed by atoms with E-state index in [1.807, 2.05) is 0 Å². The topological polar surface area (TPSA) is 76.1 Å². The van der Waals surface area contributed by atoms with E-state index in [1.165, 1.54) is 18.1 Å². The molecule has 22 heavy (non-hydrogen) atoms. The van der Waals surface area contributed by atoms with Crippen LogP contribution in [-0.4, -0.2) is 56.2 Å². The van der Waals surface area contributed by atoms with Gasteiger partial charge in [-0.25, -0.2) is 9.59 Å². The second-order valence-electron chi connectivity index (χ2n) is 7.12. The van der Waals surface area contributed by atoms with E-state index in [2.05, 4.69) is 38.6 Å². The normalized spacial score (nSPS) is 23.1. The van der Waals surface area contributed by atoms with Crippen LogP contribution in [0.4, 0.5) is 4.79 Å². The van der Waals surface area contributed by atoms with Crippen molar-refractivity contribution in [2.75, 3.05) is 13.7 Å². The van der Waals surface area contributed by atoms with Gasteiger partial charge in [-0.1, -0.05) is 26.8 Å². The second-order valence-corrected chi connectivity index (χ2v) is 11.9. The summed E-state index contributed by atoms with van der Waals surface area (Å²) in [6, 6.07) is -0.355. The van der Waals surface area contributed by atoms with Crippen LogP contribution in [0.1, 0.15) is 27.2 Å². The highest BCUT2D eigenvalue weighted by atomic mass is 28.4. The Bertz CT molecular complexity index is 455. The van der Waals surface area contributed by atoms with Crippen LogP contribution in [0.25, 0.3) is 0 Å². The molecule has 0 aromatic carbocycles. The van der Waals surface area contributed by atoms with Gasteiger partial charge in [0.1, 0.15) is 0 Å². The molecule has 1 aliphatic rings. The minimum atomic E-state index is -1.95. The van der Waals surface area contributed by atoms with Gasteiger partial charge in [0.15, 0.2) is 8.32 Å². The SMILES string of the molecule is COC(=O)/C=C/[C@@H]1C[C@@H](O[Si](C)(C)C(C)(C)C)CN1C(=O)O. The van der Waals surface area contributed by atoms with E-state index in [0.717, 1.165) is 0 Å². The predicted molar refractivity (Wildman–Crippen MR) is 86.4 cm³/mol. The average Bonchev–Trinajstić information content (AvgIpc) is 2.77. The van der Waals surface area contributed by atoms with Crippen molar-refractivity contribution in [2.45, 2.75) is 57.5 Å². The van der Waals surface area contributed by atoms with Crippen molar-refractivity contribution in [3.63, 3.8) is 0 Å². The van der Waals surface area contributed by atoms with Crippen molar-refractivity contribution < 1.29 is 23.9 Å². The van der Waals surface area contributed by atoms with Crippen LogP contribution in [-0.2, 0) is 14.0 Å². The maximum absolute atomic E-state index is 11.4. The van der Waals surface area contributed by atoms with Gasteiger partial charge in [-0.15, -0.1) is 0 Å². The molecule has 0 saturated carbocycles. The highest BCUT2D eigenvalue weighted by molar-refractivity contribution is 6.74. The van der Waals surface area contributed by atoms with Crippen molar-refractivity contribution in [1.82, 2.24) is 4.90 Å². The highest BCUT2D eigenvalue weighted by Crippen LogP contribution is 2.39. The van der Waals surface area contributed by atoms with Gasteiger partial charge in [0, 0.05) is 12.6 Å². The first kappa shape index (κ1) is 18.7. The van der Waals surface area contributed by atoms with Gasteiger partial charge in [0.05, 0.1) is 19.3 Å². The number of carboxylic acid groups (broad SMARTS) is 1. The fourth-order valence-electron chi connectivity index (χ4n) is 2.16. The van der Waals surface area contributed by atoms with Crippen LogP contribution in [0.15, 0.2) is 12.2 Å². The first-order valence-electron chi connectivity index (χ1n) is 7.41. The lowest BCUT2D eigenvalue weighted by atomic mass is 10.2. The lowest BCUT2D eigenvalue weighted by Crippen LogP contribution is -2.44. The molecule has 0 spiro atoms. The number of amides is 1. The number of likely N-dealkylation sites (tertiary alicyclic amines) is 1. The zero-order valence-corrected chi connectivity index (χ0v) is 15.3. The van der Waals surface area contributed by atoms with Crippen molar-refractivity contribution in [2.24, 2.45) is 0 Å². The Morgan fingerprint density at radius 3 is 2.36 bits per heavy atom. The number of ether oxygens (including phenoxy) is 1. The first-order chi connectivity index (χ1) is 9.98. The van der Waals surface area contributed by atoms with Crippen LogP contribution >= 0.6 is 0 Å². The molecular formula is C15H27NO5Si. The quantitative estimate of drug-likeness (QED) is 0.487. The Kier molecular flexibility index (Phi) is 5.80. The second kappa shape index (κ2) is 6.83. The highest BCUT2D eigenvalue weighted by Gasteiger charge is 2.43. The molecule has 0 aliphatic carbocycles. The third kappa shape index (κ3) is 4.57. The standard InChI is InChI=1S/C15H27NO5Si/c1-15(2,3)22(5,6)21-12-9-11(7-8-13(17)20-4)16(10-12)14(18)19/h7-8,11-12H,9-10H2,1-6H3,(H,18,19)/b8-7+/t11-,12-/m1/s1. The van der Waals surface area contributed by atoms with Crippen LogP contribution in [0, 0.1) is 0 Å². The Morgan fingerprint density at radius 1 is 1.32 bits per heavy atom. The molecule has 0 aromatic heterocycles. The predicted octanol–water partition coefficient (Wildman–Crippen LogP) is 2.86. The Labute approximate surface area is 133 Å². The maximum atomic E-state index is 11.4. The summed E-state index contributed by atoms with van der Waals surface area (Å²) in [5.41, 5.74) is 0. The molecule has 1 aliphatic heterocycles. The van der Waals surface area contributed by atoms with Crippen LogP contribution in [0.2, 0.25) is 18.1 Å². The van der Waals surface area contributed by atoms with Crippen molar-refractivity contribution in [3.05, 3.63) is 12.2 Å². The van der Waals surface area contributed by atoms with E-state index >= 15 is 0 Å². The molecule has 1 heterocycles. The molecule has 0 radical (unpaired) electrons. The van der Waals surface area contributed by atoms with Gasteiger partial charge in [-0.3, -0.25) is 4.90 Å². The molecule has 6 nitrogen and oxygen atoms in total. The van der Waals surface area contributed by atoms with Gasteiger partial charge in [0.25, 0.3) is 0 Å². The lowest BCUT2D eigenvalue weighted by molar-refractivity contribution is -0.134. The summed E-state index contributed by atoms with van der Waals surface area (Å²) in [6.45, 7) is 11.1. The number of carbonyl (C=O) groups excluding carboxylic acids is 1. The van der Waals surface area contributed by atoms with Crippen LogP contribution in [0.5, 0.6) is 0 Å². The van der Waals surface area contributed by atoms with Crippen LogP contribution < -0.4 is 0 Å². The van der Waals surface area contributed by atoms with Gasteiger partial charge >= 0.3 is 12.1 Å². The fourth-order valence-corrected chi connectivity index (χ4v) is 3.52. The summed E-state index contributed by atoms with van der Waals surface area (Å²) >= 11 is 0. The van der Waals surface area contributed by atoms with E-state index in [9.17, 15) is 14.7 Å². The van der Waals surface area contributed by atoms with Crippen molar-refractivity contribution in [1.29, 1.82) is 0 Å². The number of nitrogens with zero attached hydrogens (tertiary/aromatic N) is 1. The number of carbonyl (C=O) groups is 2. The van der Waals surface area contributed by atoms with E-state index in [0.29, 0.717) is 13.0 Å². The zero-order chi connectivity index (χ0) is 17.1. The number of esters is 1. The zero-order valence-electron chi connectivity index (χ0n) is 14.3. The van der Waals surface area contributed by atoms with Gasteiger partial charge < -0.3 is 14.3 Å². The number of methoxy groups -OCH3 is 1. The molecule has 7 heteroatoms. The molecule has 0 aromatic rings. The summed E-state index contributed by atoms with van der Waals surface area (Å²) < 4.78 is 10.8. The third-order valence-electron chi connectivity index (χ3n) is 4.47. The van der Waals surface area contributed by atoms with Gasteiger partial charge in [-0.05, 0) is 24.6 Å². The van der Waals surface area contributed by atoms with Gasteiger partial charge in [0.2, 0.25) is 0 Å². The molecule has 1 rings (SSSR count). The molecule has 1 saturated heterocycles. The monoisotopic (exact) mass is 329 g/mol. The molecule has 1 N–H and O–H groups in total. The first-order valence-corrected chi connectivity index (χ1v) is 10.3. The van der Waals surface area contributed by atoms with E-state index in [1.54, 1.807) is 6.08 Å². The van der Waals surface area contributed by atoms with Crippen molar-refractivity contribution >= 4 is 20.4 Å². The summed E-state index contributed by atoms with van der Waals surface area (Å²) in [6.07, 6.45) is 2.28. The number of rotatable bonds is 4. The number of hydrogen-bond donors (Lipinski definition) is 1. The summed E-state index contributed by atoms with van der Waals surface area (Å²) in [5.74, 6) is -0.487. The summed E-state index contributed by atoms with van der Waals surface area (Å²) in [5, 5.41) is 9.38. The molecule has 0 bridgehead atoms. The smallest absolute Gasteiger partial charge is 0.407 e. The molecule has 0 unspecified atom stereocenters. The average molecular weight is 329 g/mol. The van der Waals surface area contributed by atoms with E-state index in [4.69, 9.17) is 4.43 Å². The van der Waals surface area contributed by atoms with E-state index < -0.39 is 20.4 Å². The molecule has 2 atom stereocenters. The minimum Gasteiger partial charge on any atom is -0.466 e. The minimum absolute atomic E-state index is 0.0704. The molecule has 126 valence electrons. The van der Waals surface area contributed by atoms with Gasteiger partial charge in [-0.2, -0.15) is 0 Å². The fraction of sp³-hybridized carbons (Fsp3) is 0.733. The third-order valence-corrected chi connectivity index (χ3v) is 9.01. The Morgan fingerprint density at radius 2 is 1.91 bits per heavy atom. The Balaban J connectivity index is 2.81. The van der Waals surface area contributed by atoms with Crippen LogP contribution in [0.3, 0.4) is 0 Å². The lowest BCUT2D eigenvalue weighted by Gasteiger charge is -2.38. The molecule has 1 amide bonds. The molecule has 1 fully saturated rings. The number of hydrogen-bond acceptors (Lipinski definition) is 4. The maximum Gasteiger partial charge on any atom is 0.407 e.